The Morgan fingerprint density at radius 2 is 2.00 bits per heavy atom. The Kier molecular flexibility index (Phi) is 5.96. The molecule has 7 heteroatoms. The Balaban J connectivity index is 1.33. The molecule has 1 N–H and O–H groups in total. The van der Waals surface area contributed by atoms with E-state index in [4.69, 9.17) is 20.9 Å². The number of aliphatic hydroxyl groups excluding tert-OH is 1. The van der Waals surface area contributed by atoms with Gasteiger partial charge in [-0.25, -0.2) is 4.85 Å². The number of likely N-dealkylation sites (tertiary alicyclic amines) is 1. The van der Waals surface area contributed by atoms with Crippen LogP contribution in [0.25, 0.3) is 4.85 Å². The molecule has 2 unspecified atom stereocenters. The molecule has 33 heavy (non-hydrogen) atoms. The molecule has 3 aliphatic rings. The maximum atomic E-state index is 9.86. The van der Waals surface area contributed by atoms with Crippen molar-refractivity contribution in [1.82, 2.24) is 4.90 Å². The normalized spacial score (nSPS) is 22.9. The average Bonchev–Trinajstić information content (AvgIpc) is 3.47. The van der Waals surface area contributed by atoms with Gasteiger partial charge >= 0.3 is 0 Å². The number of hydrogen-bond donors (Lipinski definition) is 1. The number of hydrogen-bond acceptors (Lipinski definition) is 6. The third-order valence-electron chi connectivity index (χ3n) is 6.60. The van der Waals surface area contributed by atoms with Gasteiger partial charge in [0.05, 0.1) is 18.8 Å². The summed E-state index contributed by atoms with van der Waals surface area (Å²) in [5, 5.41) is 14.1. The van der Waals surface area contributed by atoms with Gasteiger partial charge in [-0.2, -0.15) is 0 Å². The highest BCUT2D eigenvalue weighted by atomic mass is 16.8. The van der Waals surface area contributed by atoms with Gasteiger partial charge in [0, 0.05) is 30.3 Å². The fourth-order valence-corrected chi connectivity index (χ4v) is 5.01. The zero-order chi connectivity index (χ0) is 22.9. The first-order valence-corrected chi connectivity index (χ1v) is 11.7. The minimum atomic E-state index is -0.690. The second-order valence-corrected chi connectivity index (χ2v) is 9.15. The Labute approximate surface area is 194 Å². The third kappa shape index (κ3) is 4.29. The van der Waals surface area contributed by atoms with Crippen LogP contribution in [0.1, 0.15) is 67.7 Å². The zero-order valence-electron chi connectivity index (χ0n) is 19.0. The van der Waals surface area contributed by atoms with Crippen LogP contribution in [0.5, 0.6) is 5.75 Å². The van der Waals surface area contributed by atoms with Crippen LogP contribution in [0.15, 0.2) is 41.6 Å². The lowest BCUT2D eigenvalue weighted by Gasteiger charge is -2.34. The molecule has 2 aromatic carbocycles. The molecule has 7 nitrogen and oxygen atoms in total. The molecule has 0 spiro atoms. The SMILES string of the molecule is [C-]#[N+]c1cc(C2ON=C(c3cccc4c3CCC4N3CCC(O)CC3)O2)ccc1OC(C)C. The maximum Gasteiger partial charge on any atom is 0.292 e. The van der Waals surface area contributed by atoms with E-state index in [1.807, 2.05) is 26.0 Å². The number of aliphatic hydroxyl groups is 1. The van der Waals surface area contributed by atoms with Gasteiger partial charge in [0.1, 0.15) is 5.75 Å². The number of rotatable bonds is 5. The summed E-state index contributed by atoms with van der Waals surface area (Å²) in [5.74, 6) is 1.04. The second kappa shape index (κ2) is 9.05. The monoisotopic (exact) mass is 447 g/mol. The number of nitrogens with zero attached hydrogens (tertiary/aromatic N) is 3. The van der Waals surface area contributed by atoms with Crippen molar-refractivity contribution in [2.75, 3.05) is 13.1 Å². The van der Waals surface area contributed by atoms with Crippen LogP contribution >= 0.6 is 0 Å². The third-order valence-corrected chi connectivity index (χ3v) is 6.60. The van der Waals surface area contributed by atoms with Crippen molar-refractivity contribution in [1.29, 1.82) is 0 Å². The number of piperidine rings is 1. The van der Waals surface area contributed by atoms with Crippen molar-refractivity contribution in [3.63, 3.8) is 0 Å². The summed E-state index contributed by atoms with van der Waals surface area (Å²) in [6.45, 7) is 13.2. The average molecular weight is 448 g/mol. The van der Waals surface area contributed by atoms with Crippen LogP contribution in [0.4, 0.5) is 5.69 Å². The van der Waals surface area contributed by atoms with Crippen LogP contribution in [0.3, 0.4) is 0 Å². The molecule has 172 valence electrons. The van der Waals surface area contributed by atoms with Crippen molar-refractivity contribution < 1.29 is 19.4 Å². The van der Waals surface area contributed by atoms with Crippen molar-refractivity contribution in [2.24, 2.45) is 5.16 Å². The van der Waals surface area contributed by atoms with Gasteiger partial charge < -0.3 is 19.4 Å². The molecular weight excluding hydrogens is 418 g/mol. The molecule has 2 aromatic rings. The Bertz CT molecular complexity index is 1100. The van der Waals surface area contributed by atoms with Crippen LogP contribution < -0.4 is 4.74 Å². The lowest BCUT2D eigenvalue weighted by molar-refractivity contribution is -0.0498. The predicted octanol–water partition coefficient (Wildman–Crippen LogP) is 4.88. The molecule has 0 saturated carbocycles. The first kappa shape index (κ1) is 21.7. The fraction of sp³-hybridized carbons (Fsp3) is 0.462. The van der Waals surface area contributed by atoms with Crippen LogP contribution in [0.2, 0.25) is 0 Å². The van der Waals surface area contributed by atoms with Gasteiger partial charge in [-0.3, -0.25) is 4.90 Å². The molecule has 1 aliphatic carbocycles. The molecule has 5 rings (SSSR count). The van der Waals surface area contributed by atoms with Crippen LogP contribution in [-0.4, -0.2) is 41.2 Å². The molecule has 2 aliphatic heterocycles. The molecule has 0 radical (unpaired) electrons. The van der Waals surface area contributed by atoms with Crippen molar-refractivity contribution in [2.45, 2.75) is 64.1 Å². The molecule has 0 aromatic heterocycles. The summed E-state index contributed by atoms with van der Waals surface area (Å²) in [5.41, 5.74) is 4.72. The topological polar surface area (TPSA) is 67.9 Å². The highest BCUT2D eigenvalue weighted by Gasteiger charge is 2.34. The second-order valence-electron chi connectivity index (χ2n) is 9.15. The smallest absolute Gasteiger partial charge is 0.292 e. The number of oxime groups is 1. The zero-order valence-corrected chi connectivity index (χ0v) is 19.0. The largest absolute Gasteiger partial charge is 0.502 e. The predicted molar refractivity (Wildman–Crippen MR) is 124 cm³/mol. The van der Waals surface area contributed by atoms with Crippen molar-refractivity contribution in [3.05, 3.63) is 70.1 Å². The van der Waals surface area contributed by atoms with Gasteiger partial charge in [0.15, 0.2) is 0 Å². The molecule has 2 heterocycles. The van der Waals surface area contributed by atoms with Crippen molar-refractivity contribution >= 4 is 11.6 Å². The lowest BCUT2D eigenvalue weighted by Crippen LogP contribution is -2.37. The quantitative estimate of drug-likeness (QED) is 0.662. The summed E-state index contributed by atoms with van der Waals surface area (Å²) >= 11 is 0. The fourth-order valence-electron chi connectivity index (χ4n) is 5.01. The highest BCUT2D eigenvalue weighted by Crippen LogP contribution is 2.41. The van der Waals surface area contributed by atoms with Gasteiger partial charge in [0.2, 0.25) is 5.69 Å². The first-order chi connectivity index (χ1) is 16.0. The lowest BCUT2D eigenvalue weighted by atomic mass is 9.99. The van der Waals surface area contributed by atoms with Gasteiger partial charge in [0.25, 0.3) is 12.2 Å². The Morgan fingerprint density at radius 3 is 2.76 bits per heavy atom. The maximum absolute atomic E-state index is 9.86. The Morgan fingerprint density at radius 1 is 1.18 bits per heavy atom. The van der Waals surface area contributed by atoms with Crippen LogP contribution in [0, 0.1) is 6.57 Å². The highest BCUT2D eigenvalue weighted by molar-refractivity contribution is 5.96. The van der Waals surface area contributed by atoms with E-state index in [2.05, 4.69) is 27.0 Å². The van der Waals surface area contributed by atoms with E-state index in [-0.39, 0.29) is 12.2 Å². The molecule has 0 amide bonds. The Hall–Kier alpha value is -3.08. The molecule has 0 bridgehead atoms. The van der Waals surface area contributed by atoms with E-state index in [1.54, 1.807) is 12.1 Å². The van der Waals surface area contributed by atoms with Gasteiger partial charge in [-0.1, -0.05) is 18.2 Å². The molecular formula is C26H29N3O4. The molecule has 1 saturated heterocycles. The van der Waals surface area contributed by atoms with E-state index in [0.29, 0.717) is 23.4 Å². The van der Waals surface area contributed by atoms with E-state index in [9.17, 15) is 5.11 Å². The van der Waals surface area contributed by atoms with Crippen molar-refractivity contribution in [3.8, 4) is 5.75 Å². The van der Waals surface area contributed by atoms with Crippen LogP contribution in [-0.2, 0) is 16.0 Å². The van der Waals surface area contributed by atoms with E-state index in [1.165, 1.54) is 11.1 Å². The first-order valence-electron chi connectivity index (χ1n) is 11.7. The van der Waals surface area contributed by atoms with E-state index < -0.39 is 6.29 Å². The minimum Gasteiger partial charge on any atom is -0.502 e. The van der Waals surface area contributed by atoms with E-state index >= 15 is 0 Å². The summed E-state index contributed by atoms with van der Waals surface area (Å²) in [6.07, 6.45) is 2.83. The summed E-state index contributed by atoms with van der Waals surface area (Å²) < 4.78 is 11.8. The van der Waals surface area contributed by atoms with Gasteiger partial charge in [-0.15, -0.1) is 0 Å². The van der Waals surface area contributed by atoms with E-state index in [0.717, 1.165) is 49.9 Å². The molecule has 2 atom stereocenters. The number of benzene rings is 2. The molecule has 1 fully saturated rings. The summed E-state index contributed by atoms with van der Waals surface area (Å²) in [7, 11) is 0. The number of ether oxygens (including phenoxy) is 2. The number of fused-ring (bicyclic) bond motifs is 1. The summed E-state index contributed by atoms with van der Waals surface area (Å²) in [6, 6.07) is 12.0. The summed E-state index contributed by atoms with van der Waals surface area (Å²) in [4.78, 5) is 11.7. The van der Waals surface area contributed by atoms with Gasteiger partial charge in [-0.05, 0) is 74.0 Å². The standard InChI is InChI=1S/C26H29N3O4/c1-16(2)31-24-10-7-17(15-22(24)27-3)26-32-25(28-33-26)21-6-4-5-20-19(21)8-9-23(20)29-13-11-18(30)12-14-29/h4-7,10,15-16,18,23,26,30H,8-9,11-14H2,1-2H3. The minimum absolute atomic E-state index is 0.00993.